The molecule has 152 valence electrons. The fourth-order valence-electron chi connectivity index (χ4n) is 1.97. The fraction of sp³-hybridized carbons (Fsp3) is 0.833. The SMILES string of the molecule is COC(=O)[C@H](COC(C)(C)C)NC(=O)[C@H](CC(=O)O)NCCC(C)(C)C. The maximum atomic E-state index is 12.5. The van der Waals surface area contributed by atoms with Crippen molar-refractivity contribution >= 4 is 17.8 Å². The molecule has 0 spiro atoms. The first kappa shape index (κ1) is 24.3. The highest BCUT2D eigenvalue weighted by Crippen LogP contribution is 2.17. The molecule has 0 aromatic rings. The highest BCUT2D eigenvalue weighted by molar-refractivity contribution is 5.90. The van der Waals surface area contributed by atoms with E-state index in [0.29, 0.717) is 6.54 Å². The third kappa shape index (κ3) is 11.8. The van der Waals surface area contributed by atoms with E-state index in [2.05, 4.69) is 31.4 Å². The number of amides is 1. The van der Waals surface area contributed by atoms with Gasteiger partial charge in [-0.15, -0.1) is 0 Å². The molecule has 8 nitrogen and oxygen atoms in total. The van der Waals surface area contributed by atoms with E-state index >= 15 is 0 Å². The summed E-state index contributed by atoms with van der Waals surface area (Å²) in [6.07, 6.45) is 0.383. The van der Waals surface area contributed by atoms with E-state index in [-0.39, 0.29) is 18.4 Å². The molecular weight excluding hydrogens is 340 g/mol. The molecule has 0 saturated heterocycles. The van der Waals surface area contributed by atoms with E-state index in [1.807, 2.05) is 20.8 Å². The van der Waals surface area contributed by atoms with Crippen LogP contribution in [0.2, 0.25) is 0 Å². The van der Waals surface area contributed by atoms with Gasteiger partial charge in [-0.05, 0) is 39.2 Å². The number of esters is 1. The van der Waals surface area contributed by atoms with Crippen LogP contribution in [0.15, 0.2) is 0 Å². The zero-order valence-corrected chi connectivity index (χ0v) is 17.0. The van der Waals surface area contributed by atoms with Gasteiger partial charge in [0, 0.05) is 0 Å². The van der Waals surface area contributed by atoms with E-state index in [1.165, 1.54) is 7.11 Å². The predicted molar refractivity (Wildman–Crippen MR) is 97.8 cm³/mol. The molecule has 2 atom stereocenters. The number of carbonyl (C=O) groups is 3. The van der Waals surface area contributed by atoms with Crippen LogP contribution < -0.4 is 10.6 Å². The standard InChI is InChI=1S/C18H34N2O6/c1-17(2,3)8-9-19-12(10-14(21)22)15(23)20-13(16(24)25-7)11-26-18(4,5)6/h12-13,19H,8-11H2,1-7H3,(H,20,23)(H,21,22)/t12-,13-/m0/s1. The van der Waals surface area contributed by atoms with Crippen LogP contribution in [0.3, 0.4) is 0 Å². The van der Waals surface area contributed by atoms with Crippen LogP contribution in [0.5, 0.6) is 0 Å². The zero-order chi connectivity index (χ0) is 20.5. The number of carbonyl (C=O) groups excluding carboxylic acids is 2. The zero-order valence-electron chi connectivity index (χ0n) is 17.0. The minimum Gasteiger partial charge on any atom is -0.481 e. The molecule has 0 saturated carbocycles. The Labute approximate surface area is 156 Å². The van der Waals surface area contributed by atoms with Crippen molar-refractivity contribution in [3.8, 4) is 0 Å². The minimum absolute atomic E-state index is 0.0480. The van der Waals surface area contributed by atoms with Crippen LogP contribution in [0.25, 0.3) is 0 Å². The van der Waals surface area contributed by atoms with Gasteiger partial charge in [-0.1, -0.05) is 20.8 Å². The van der Waals surface area contributed by atoms with E-state index in [4.69, 9.17) is 14.6 Å². The Balaban J connectivity index is 4.96. The van der Waals surface area contributed by atoms with Crippen LogP contribution in [-0.2, 0) is 23.9 Å². The second kappa shape index (κ2) is 10.5. The van der Waals surface area contributed by atoms with E-state index in [0.717, 1.165) is 6.42 Å². The molecule has 1 amide bonds. The Kier molecular flexibility index (Phi) is 9.80. The number of aliphatic carboxylic acids is 1. The number of carboxylic acid groups (broad SMARTS) is 1. The minimum atomic E-state index is -1.10. The van der Waals surface area contributed by atoms with E-state index in [9.17, 15) is 14.4 Å². The van der Waals surface area contributed by atoms with Gasteiger partial charge in [0.2, 0.25) is 5.91 Å². The summed E-state index contributed by atoms with van der Waals surface area (Å²) in [6, 6.07) is -1.95. The second-order valence-electron chi connectivity index (χ2n) is 8.42. The van der Waals surface area contributed by atoms with Crippen molar-refractivity contribution in [1.29, 1.82) is 0 Å². The Morgan fingerprint density at radius 2 is 1.62 bits per heavy atom. The quantitative estimate of drug-likeness (QED) is 0.494. The highest BCUT2D eigenvalue weighted by atomic mass is 16.5. The lowest BCUT2D eigenvalue weighted by Crippen LogP contribution is -2.53. The molecule has 0 unspecified atom stereocenters. The van der Waals surface area contributed by atoms with Crippen molar-refractivity contribution in [2.24, 2.45) is 5.41 Å². The van der Waals surface area contributed by atoms with Crippen molar-refractivity contribution in [2.45, 2.75) is 72.1 Å². The molecule has 0 aliphatic carbocycles. The summed E-state index contributed by atoms with van der Waals surface area (Å²) in [5.74, 6) is -2.32. The van der Waals surface area contributed by atoms with Gasteiger partial charge in [-0.2, -0.15) is 0 Å². The number of methoxy groups -OCH3 is 1. The number of rotatable bonds is 10. The first-order valence-corrected chi connectivity index (χ1v) is 8.72. The lowest BCUT2D eigenvalue weighted by molar-refractivity contribution is -0.149. The van der Waals surface area contributed by atoms with Crippen LogP contribution >= 0.6 is 0 Å². The Hall–Kier alpha value is -1.67. The molecule has 0 radical (unpaired) electrons. The first-order chi connectivity index (χ1) is 11.7. The average Bonchev–Trinajstić information content (AvgIpc) is 2.46. The van der Waals surface area contributed by atoms with Gasteiger partial charge >= 0.3 is 11.9 Å². The Morgan fingerprint density at radius 1 is 1.04 bits per heavy atom. The Bertz CT molecular complexity index is 479. The molecule has 3 N–H and O–H groups in total. The van der Waals surface area contributed by atoms with E-state index < -0.39 is 35.5 Å². The molecule has 0 bridgehead atoms. The molecule has 0 aromatic heterocycles. The van der Waals surface area contributed by atoms with Gasteiger partial charge in [0.1, 0.15) is 0 Å². The monoisotopic (exact) mass is 374 g/mol. The Morgan fingerprint density at radius 3 is 2.04 bits per heavy atom. The molecule has 0 aliphatic rings. The van der Waals surface area contributed by atoms with Gasteiger partial charge < -0.3 is 25.2 Å². The van der Waals surface area contributed by atoms with Crippen molar-refractivity contribution in [1.82, 2.24) is 10.6 Å². The molecule has 0 heterocycles. The number of nitrogens with one attached hydrogen (secondary N) is 2. The van der Waals surface area contributed by atoms with Gasteiger partial charge in [-0.25, -0.2) is 4.79 Å². The number of hydrogen-bond acceptors (Lipinski definition) is 6. The van der Waals surface area contributed by atoms with Crippen molar-refractivity contribution < 1.29 is 29.0 Å². The van der Waals surface area contributed by atoms with Gasteiger partial charge in [0.05, 0.1) is 31.8 Å². The average molecular weight is 374 g/mol. The number of hydrogen-bond donors (Lipinski definition) is 3. The van der Waals surface area contributed by atoms with Crippen LogP contribution in [0.4, 0.5) is 0 Å². The molecule has 0 aromatic carbocycles. The third-order valence-corrected chi connectivity index (χ3v) is 3.45. The normalized spacial score (nSPS) is 14.4. The molecular formula is C18H34N2O6. The van der Waals surface area contributed by atoms with Crippen molar-refractivity contribution in [2.75, 3.05) is 20.3 Å². The number of ether oxygens (including phenoxy) is 2. The van der Waals surface area contributed by atoms with Gasteiger partial charge in [0.15, 0.2) is 6.04 Å². The molecule has 0 rings (SSSR count). The first-order valence-electron chi connectivity index (χ1n) is 8.72. The lowest BCUT2D eigenvalue weighted by atomic mass is 9.92. The molecule has 0 fully saturated rings. The maximum absolute atomic E-state index is 12.5. The number of carboxylic acids is 1. The van der Waals surface area contributed by atoms with Crippen LogP contribution in [-0.4, -0.2) is 60.9 Å². The van der Waals surface area contributed by atoms with Crippen molar-refractivity contribution in [3.05, 3.63) is 0 Å². The van der Waals surface area contributed by atoms with Gasteiger partial charge in [-0.3, -0.25) is 9.59 Å². The van der Waals surface area contributed by atoms with Gasteiger partial charge in [0.25, 0.3) is 0 Å². The summed E-state index contributed by atoms with van der Waals surface area (Å²) in [5, 5.41) is 14.5. The highest BCUT2D eigenvalue weighted by Gasteiger charge is 2.29. The fourth-order valence-corrected chi connectivity index (χ4v) is 1.97. The van der Waals surface area contributed by atoms with Crippen molar-refractivity contribution in [3.63, 3.8) is 0 Å². The summed E-state index contributed by atoms with van der Waals surface area (Å²) in [5.41, 5.74) is -0.450. The second-order valence-corrected chi connectivity index (χ2v) is 8.42. The third-order valence-electron chi connectivity index (χ3n) is 3.45. The smallest absolute Gasteiger partial charge is 0.330 e. The lowest BCUT2D eigenvalue weighted by Gasteiger charge is -2.26. The summed E-state index contributed by atoms with van der Waals surface area (Å²) < 4.78 is 10.2. The van der Waals surface area contributed by atoms with Crippen LogP contribution in [0, 0.1) is 5.41 Å². The summed E-state index contributed by atoms with van der Waals surface area (Å²) in [4.78, 5) is 35.5. The molecule has 8 heteroatoms. The summed E-state index contributed by atoms with van der Waals surface area (Å²) in [6.45, 7) is 12.0. The summed E-state index contributed by atoms with van der Waals surface area (Å²) >= 11 is 0. The van der Waals surface area contributed by atoms with E-state index in [1.54, 1.807) is 0 Å². The largest absolute Gasteiger partial charge is 0.481 e. The maximum Gasteiger partial charge on any atom is 0.330 e. The topological polar surface area (TPSA) is 114 Å². The molecule has 26 heavy (non-hydrogen) atoms. The summed E-state index contributed by atoms with van der Waals surface area (Å²) in [7, 11) is 1.22. The predicted octanol–water partition coefficient (Wildman–Crippen LogP) is 1.33. The molecule has 0 aliphatic heterocycles. The van der Waals surface area contributed by atoms with Crippen LogP contribution in [0.1, 0.15) is 54.4 Å².